The highest BCUT2D eigenvalue weighted by Gasteiger charge is 2.25. The zero-order valence-corrected chi connectivity index (χ0v) is 8.16. The van der Waals surface area contributed by atoms with Gasteiger partial charge in [0, 0.05) is 6.54 Å². The number of carboxylic acid groups (broad SMARTS) is 1. The third-order valence-corrected chi connectivity index (χ3v) is 1.85. The molecule has 0 spiro atoms. The van der Waals surface area contributed by atoms with Gasteiger partial charge in [-0.2, -0.15) is 0 Å². The zero-order valence-electron chi connectivity index (χ0n) is 8.16. The Labute approximate surface area is 91.9 Å². The van der Waals surface area contributed by atoms with Crippen LogP contribution in [0.5, 0.6) is 0 Å². The van der Waals surface area contributed by atoms with Crippen molar-refractivity contribution >= 4 is 11.7 Å². The number of anilines is 1. The maximum Gasteiger partial charge on any atom is 0.305 e. The van der Waals surface area contributed by atoms with Gasteiger partial charge in [0.05, 0.1) is 6.42 Å². The fourth-order valence-electron chi connectivity index (χ4n) is 1.05. The van der Waals surface area contributed by atoms with Crippen molar-refractivity contribution in [2.24, 2.45) is 0 Å². The fraction of sp³-hybridized carbons (Fsp3) is 0.222. The summed E-state index contributed by atoms with van der Waals surface area (Å²) in [5.41, 5.74) is -1.23. The first kappa shape index (κ1) is 13.2. The van der Waals surface area contributed by atoms with Gasteiger partial charge in [-0.05, 0) is 0 Å². The second-order valence-corrected chi connectivity index (χ2v) is 3.02. The molecule has 0 atom stereocenters. The van der Waals surface area contributed by atoms with Crippen LogP contribution in [-0.4, -0.2) is 17.6 Å². The van der Waals surface area contributed by atoms with Crippen molar-refractivity contribution < 1.29 is 31.9 Å². The van der Waals surface area contributed by atoms with Crippen molar-refractivity contribution in [2.75, 3.05) is 11.9 Å². The Kier molecular flexibility index (Phi) is 3.87. The lowest BCUT2D eigenvalue weighted by Crippen LogP contribution is -2.13. The normalized spacial score (nSPS) is 10.4. The Hall–Kier alpha value is -1.86. The molecule has 0 fully saturated rings. The molecule has 3 nitrogen and oxygen atoms in total. The number of carboxylic acids is 1. The largest absolute Gasteiger partial charge is 0.481 e. The van der Waals surface area contributed by atoms with Crippen LogP contribution in [0, 0.1) is 29.1 Å². The number of halogens is 5. The molecule has 0 unspecified atom stereocenters. The average Bonchev–Trinajstić information content (AvgIpc) is 2.28. The second kappa shape index (κ2) is 4.98. The van der Waals surface area contributed by atoms with E-state index in [2.05, 4.69) is 0 Å². The molecule has 0 aromatic heterocycles. The van der Waals surface area contributed by atoms with Crippen LogP contribution in [-0.2, 0) is 4.79 Å². The smallest absolute Gasteiger partial charge is 0.305 e. The van der Waals surface area contributed by atoms with Crippen LogP contribution in [0.15, 0.2) is 0 Å². The predicted molar refractivity (Wildman–Crippen MR) is 47.0 cm³/mol. The van der Waals surface area contributed by atoms with Crippen LogP contribution in [0.3, 0.4) is 0 Å². The number of hydrogen-bond donors (Lipinski definition) is 2. The maximum atomic E-state index is 13.0. The summed E-state index contributed by atoms with van der Waals surface area (Å²) in [6.07, 6.45) is -0.528. The molecule has 8 heteroatoms. The van der Waals surface area contributed by atoms with Gasteiger partial charge in [-0.1, -0.05) is 0 Å². The van der Waals surface area contributed by atoms with Crippen LogP contribution in [0.4, 0.5) is 27.6 Å². The van der Waals surface area contributed by atoms with E-state index < -0.39 is 53.7 Å². The number of hydrogen-bond acceptors (Lipinski definition) is 2. The summed E-state index contributed by atoms with van der Waals surface area (Å²) < 4.78 is 63.9. The summed E-state index contributed by atoms with van der Waals surface area (Å²) in [5.74, 6) is -11.7. The SMILES string of the molecule is O=C(O)CCNc1c(F)c(F)c(F)c(F)c1F. The molecule has 0 aliphatic carbocycles. The van der Waals surface area contributed by atoms with Crippen LogP contribution >= 0.6 is 0 Å². The Balaban J connectivity index is 3.03. The molecule has 0 aliphatic heterocycles. The van der Waals surface area contributed by atoms with Crippen LogP contribution in [0.2, 0.25) is 0 Å². The van der Waals surface area contributed by atoms with E-state index in [4.69, 9.17) is 5.11 Å². The molecule has 17 heavy (non-hydrogen) atoms. The summed E-state index contributed by atoms with van der Waals surface area (Å²) in [6.45, 7) is -0.465. The third-order valence-electron chi connectivity index (χ3n) is 1.85. The summed E-state index contributed by atoms with van der Waals surface area (Å²) in [4.78, 5) is 10.1. The molecular weight excluding hydrogens is 249 g/mol. The third kappa shape index (κ3) is 2.63. The number of aliphatic carboxylic acids is 1. The van der Waals surface area contributed by atoms with Crippen molar-refractivity contribution in [1.82, 2.24) is 0 Å². The second-order valence-electron chi connectivity index (χ2n) is 3.02. The highest BCUT2D eigenvalue weighted by Crippen LogP contribution is 2.26. The van der Waals surface area contributed by atoms with E-state index in [9.17, 15) is 26.7 Å². The van der Waals surface area contributed by atoms with Gasteiger partial charge in [0.15, 0.2) is 23.3 Å². The summed E-state index contributed by atoms with van der Waals surface area (Å²) in [7, 11) is 0. The Morgan fingerprint density at radius 1 is 0.941 bits per heavy atom. The summed E-state index contributed by atoms with van der Waals surface area (Å²) >= 11 is 0. The molecular formula is C9H6F5NO2. The molecule has 94 valence electrons. The molecule has 0 bridgehead atoms. The Morgan fingerprint density at radius 2 is 1.35 bits per heavy atom. The quantitative estimate of drug-likeness (QED) is 0.493. The average molecular weight is 255 g/mol. The molecule has 1 rings (SSSR count). The van der Waals surface area contributed by atoms with Gasteiger partial charge in [-0.3, -0.25) is 4.79 Å². The van der Waals surface area contributed by atoms with Gasteiger partial charge in [-0.15, -0.1) is 0 Å². The molecule has 1 aromatic rings. The molecule has 0 saturated carbocycles. The predicted octanol–water partition coefficient (Wildman–Crippen LogP) is 2.27. The van der Waals surface area contributed by atoms with Gasteiger partial charge in [-0.25, -0.2) is 22.0 Å². The van der Waals surface area contributed by atoms with Crippen LogP contribution in [0.25, 0.3) is 0 Å². The lowest BCUT2D eigenvalue weighted by molar-refractivity contribution is -0.136. The van der Waals surface area contributed by atoms with Gasteiger partial charge in [0.2, 0.25) is 5.82 Å². The minimum Gasteiger partial charge on any atom is -0.481 e. The Bertz CT molecular complexity index is 434. The van der Waals surface area contributed by atoms with Crippen molar-refractivity contribution in [3.05, 3.63) is 29.1 Å². The van der Waals surface area contributed by atoms with Gasteiger partial charge in [0.25, 0.3) is 0 Å². The topological polar surface area (TPSA) is 49.3 Å². The van der Waals surface area contributed by atoms with E-state index >= 15 is 0 Å². The molecule has 2 N–H and O–H groups in total. The monoisotopic (exact) mass is 255 g/mol. The first-order valence-electron chi connectivity index (χ1n) is 4.33. The lowest BCUT2D eigenvalue weighted by atomic mass is 10.2. The first-order valence-corrected chi connectivity index (χ1v) is 4.33. The van der Waals surface area contributed by atoms with Gasteiger partial charge in [0.1, 0.15) is 5.69 Å². The van der Waals surface area contributed by atoms with Crippen molar-refractivity contribution in [3.63, 3.8) is 0 Å². The maximum absolute atomic E-state index is 13.0. The van der Waals surface area contributed by atoms with Crippen molar-refractivity contribution in [3.8, 4) is 0 Å². The van der Waals surface area contributed by atoms with E-state index in [0.717, 1.165) is 0 Å². The molecule has 0 amide bonds. The fourth-order valence-corrected chi connectivity index (χ4v) is 1.05. The van der Waals surface area contributed by atoms with E-state index in [-0.39, 0.29) is 0 Å². The van der Waals surface area contributed by atoms with E-state index in [0.29, 0.717) is 0 Å². The van der Waals surface area contributed by atoms with Crippen molar-refractivity contribution in [2.45, 2.75) is 6.42 Å². The van der Waals surface area contributed by atoms with Crippen LogP contribution in [0.1, 0.15) is 6.42 Å². The highest BCUT2D eigenvalue weighted by molar-refractivity contribution is 5.67. The molecule has 0 saturated heterocycles. The van der Waals surface area contributed by atoms with Gasteiger partial charge < -0.3 is 10.4 Å². The number of benzene rings is 1. The number of rotatable bonds is 4. The highest BCUT2D eigenvalue weighted by atomic mass is 19.2. The molecule has 0 aliphatic rings. The van der Waals surface area contributed by atoms with E-state index in [1.165, 1.54) is 0 Å². The van der Waals surface area contributed by atoms with Crippen molar-refractivity contribution in [1.29, 1.82) is 0 Å². The standard InChI is InChI=1S/C9H6F5NO2/c10-4-5(11)7(13)9(8(14)6(4)12)15-2-1-3(16)17/h15H,1-2H2,(H,16,17). The lowest BCUT2D eigenvalue weighted by Gasteiger charge is -2.09. The zero-order chi connectivity index (χ0) is 13.2. The van der Waals surface area contributed by atoms with Gasteiger partial charge >= 0.3 is 5.97 Å². The van der Waals surface area contributed by atoms with E-state index in [1.807, 2.05) is 5.32 Å². The Morgan fingerprint density at radius 3 is 1.76 bits per heavy atom. The summed E-state index contributed by atoms with van der Waals surface area (Å²) in [5, 5.41) is 10.1. The molecule has 1 aromatic carbocycles. The van der Waals surface area contributed by atoms with Crippen LogP contribution < -0.4 is 5.32 Å². The molecule has 0 heterocycles. The summed E-state index contributed by atoms with van der Waals surface area (Å²) in [6, 6.07) is 0. The minimum absolute atomic E-state index is 0.465. The molecule has 0 radical (unpaired) electrons. The minimum atomic E-state index is -2.26. The first-order chi connectivity index (χ1) is 7.86. The number of carbonyl (C=O) groups is 1. The number of nitrogens with one attached hydrogen (secondary N) is 1. The van der Waals surface area contributed by atoms with E-state index in [1.54, 1.807) is 0 Å².